The summed E-state index contributed by atoms with van der Waals surface area (Å²) in [6.07, 6.45) is -4.55. The number of hydrogen-bond donors (Lipinski definition) is 1. The van der Waals surface area contributed by atoms with Gasteiger partial charge in [0.25, 0.3) is 0 Å². The number of nitrogens with zero attached hydrogens (tertiary/aromatic N) is 2. The Balaban J connectivity index is 1.73. The summed E-state index contributed by atoms with van der Waals surface area (Å²) in [5, 5.41) is 6.40. The molecule has 152 valence electrons. The molecular weight excluding hydrogens is 391 g/mol. The summed E-state index contributed by atoms with van der Waals surface area (Å²) in [5.74, 6) is 0.268. The fraction of sp³-hybridized carbons (Fsp3) is 0.158. The minimum Gasteiger partial charge on any atom is -0.497 e. The molecule has 3 aromatic rings. The van der Waals surface area contributed by atoms with Crippen LogP contribution in [0.15, 0.2) is 54.7 Å². The van der Waals surface area contributed by atoms with Crippen molar-refractivity contribution in [1.29, 1.82) is 0 Å². The molecule has 0 fully saturated rings. The van der Waals surface area contributed by atoms with E-state index in [1.165, 1.54) is 24.4 Å². The largest absolute Gasteiger partial charge is 0.573 e. The highest BCUT2D eigenvalue weighted by molar-refractivity contribution is 5.88. The van der Waals surface area contributed by atoms with Crippen molar-refractivity contribution in [2.45, 2.75) is 13.3 Å². The Morgan fingerprint density at radius 1 is 1.07 bits per heavy atom. The van der Waals surface area contributed by atoms with E-state index in [2.05, 4.69) is 15.2 Å². The van der Waals surface area contributed by atoms with Crippen LogP contribution in [0.25, 0.3) is 5.69 Å². The van der Waals surface area contributed by atoms with Gasteiger partial charge in [-0.05, 0) is 43.3 Å². The smallest absolute Gasteiger partial charge is 0.497 e. The molecule has 1 N–H and O–H groups in total. The maximum absolute atomic E-state index is 12.5. The van der Waals surface area contributed by atoms with E-state index in [1.807, 2.05) is 0 Å². The Labute approximate surface area is 163 Å². The lowest BCUT2D eigenvalue weighted by atomic mass is 10.3. The van der Waals surface area contributed by atoms with Gasteiger partial charge in [0.1, 0.15) is 5.75 Å². The highest BCUT2D eigenvalue weighted by atomic mass is 19.4. The second-order valence-electron chi connectivity index (χ2n) is 5.76. The Kier molecular flexibility index (Phi) is 5.62. The molecule has 0 aliphatic heterocycles. The number of aromatic nitrogens is 2. The molecule has 7 nitrogen and oxygen atoms in total. The lowest BCUT2D eigenvalue weighted by Gasteiger charge is -2.13. The van der Waals surface area contributed by atoms with Crippen molar-refractivity contribution in [1.82, 2.24) is 9.78 Å². The number of hydrogen-bond acceptors (Lipinski definition) is 5. The van der Waals surface area contributed by atoms with Crippen molar-refractivity contribution in [2.75, 3.05) is 12.4 Å². The van der Waals surface area contributed by atoms with Crippen LogP contribution in [0, 0.1) is 6.92 Å². The van der Waals surface area contributed by atoms with Crippen LogP contribution >= 0.6 is 0 Å². The summed E-state index contributed by atoms with van der Waals surface area (Å²) in [7, 11) is 1.55. The van der Waals surface area contributed by atoms with Crippen molar-refractivity contribution in [3.05, 3.63) is 60.4 Å². The molecule has 1 aromatic heterocycles. The monoisotopic (exact) mass is 407 g/mol. The predicted molar refractivity (Wildman–Crippen MR) is 97.6 cm³/mol. The maximum Gasteiger partial charge on any atom is 0.573 e. The normalized spacial score (nSPS) is 11.1. The third-order valence-electron chi connectivity index (χ3n) is 3.83. The van der Waals surface area contributed by atoms with Gasteiger partial charge in [0, 0.05) is 0 Å². The van der Waals surface area contributed by atoms with Crippen LogP contribution in [0.2, 0.25) is 0 Å². The van der Waals surface area contributed by atoms with E-state index in [9.17, 15) is 18.0 Å². The van der Waals surface area contributed by atoms with E-state index in [0.29, 0.717) is 17.1 Å². The highest BCUT2D eigenvalue weighted by Crippen LogP contribution is 2.30. The lowest BCUT2D eigenvalue weighted by molar-refractivity contribution is -0.274. The molecule has 0 bridgehead atoms. The average molecular weight is 407 g/mol. The number of carbonyl (C=O) groups excluding carboxylic acids is 1. The van der Waals surface area contributed by atoms with Crippen LogP contribution in [-0.2, 0) is 0 Å². The first kappa shape index (κ1) is 20.1. The molecule has 0 atom stereocenters. The van der Waals surface area contributed by atoms with Gasteiger partial charge in [-0.25, -0.2) is 9.48 Å². The molecule has 0 saturated carbocycles. The van der Waals surface area contributed by atoms with Crippen LogP contribution in [0.3, 0.4) is 0 Å². The molecule has 3 rings (SSSR count). The number of halogens is 3. The summed E-state index contributed by atoms with van der Waals surface area (Å²) in [5.41, 5.74) is 1.04. The number of amides is 1. The Hall–Kier alpha value is -3.69. The summed E-state index contributed by atoms with van der Waals surface area (Å²) in [6.45, 7) is 1.68. The van der Waals surface area contributed by atoms with Gasteiger partial charge >= 0.3 is 12.5 Å². The first-order valence-corrected chi connectivity index (χ1v) is 8.29. The van der Waals surface area contributed by atoms with E-state index in [1.54, 1.807) is 43.0 Å². The van der Waals surface area contributed by atoms with Gasteiger partial charge in [0.15, 0.2) is 11.5 Å². The third-order valence-corrected chi connectivity index (χ3v) is 3.83. The van der Waals surface area contributed by atoms with Crippen molar-refractivity contribution in [3.63, 3.8) is 0 Å². The van der Waals surface area contributed by atoms with Crippen LogP contribution < -0.4 is 19.5 Å². The molecule has 0 spiro atoms. The fourth-order valence-electron chi connectivity index (χ4n) is 2.50. The van der Waals surface area contributed by atoms with E-state index >= 15 is 0 Å². The highest BCUT2D eigenvalue weighted by Gasteiger charge is 2.32. The molecule has 0 aliphatic rings. The van der Waals surface area contributed by atoms with Gasteiger partial charge < -0.3 is 14.2 Å². The van der Waals surface area contributed by atoms with Crippen LogP contribution in [0.5, 0.6) is 17.2 Å². The Bertz CT molecular complexity index is 1000. The van der Waals surface area contributed by atoms with Crippen LogP contribution in [-0.4, -0.2) is 29.3 Å². The van der Waals surface area contributed by atoms with Crippen molar-refractivity contribution < 1.29 is 32.2 Å². The van der Waals surface area contributed by atoms with E-state index in [0.717, 1.165) is 6.07 Å². The molecule has 0 aliphatic carbocycles. The zero-order valence-corrected chi connectivity index (χ0v) is 15.4. The van der Waals surface area contributed by atoms with Gasteiger partial charge in [-0.15, -0.1) is 13.2 Å². The van der Waals surface area contributed by atoms with Gasteiger partial charge in [0.05, 0.1) is 30.4 Å². The quantitative estimate of drug-likeness (QED) is 0.664. The molecule has 1 amide bonds. The molecule has 10 heteroatoms. The Morgan fingerprint density at radius 3 is 2.41 bits per heavy atom. The second kappa shape index (κ2) is 8.13. The van der Waals surface area contributed by atoms with E-state index < -0.39 is 18.2 Å². The van der Waals surface area contributed by atoms with Crippen LogP contribution in [0.4, 0.5) is 23.7 Å². The molecule has 29 heavy (non-hydrogen) atoms. The van der Waals surface area contributed by atoms with Gasteiger partial charge in [-0.1, -0.05) is 12.1 Å². The van der Waals surface area contributed by atoms with E-state index in [4.69, 9.17) is 9.47 Å². The van der Waals surface area contributed by atoms with Gasteiger partial charge in [-0.2, -0.15) is 5.10 Å². The third kappa shape index (κ3) is 4.98. The van der Waals surface area contributed by atoms with Crippen molar-refractivity contribution in [3.8, 4) is 22.9 Å². The zero-order valence-electron chi connectivity index (χ0n) is 15.4. The zero-order chi connectivity index (χ0) is 21.0. The SMILES string of the molecule is COc1ccc(-n2ncc(OC(=O)Nc3ccccc3OC(F)(F)F)c2C)cc1. The molecule has 0 saturated heterocycles. The maximum atomic E-state index is 12.5. The predicted octanol–water partition coefficient (Wildman–Crippen LogP) is 4.70. The number of ether oxygens (including phenoxy) is 3. The first-order valence-electron chi connectivity index (χ1n) is 8.29. The van der Waals surface area contributed by atoms with Crippen LogP contribution in [0.1, 0.15) is 5.69 Å². The number of benzene rings is 2. The molecule has 0 radical (unpaired) electrons. The fourth-order valence-corrected chi connectivity index (χ4v) is 2.50. The summed E-state index contributed by atoms with van der Waals surface area (Å²) >= 11 is 0. The summed E-state index contributed by atoms with van der Waals surface area (Å²) in [4.78, 5) is 12.2. The first-order chi connectivity index (χ1) is 13.8. The number of alkyl halides is 3. The number of anilines is 1. The second-order valence-corrected chi connectivity index (χ2v) is 5.76. The van der Waals surface area contributed by atoms with Crippen molar-refractivity contribution >= 4 is 11.8 Å². The summed E-state index contributed by atoms with van der Waals surface area (Å²) in [6, 6.07) is 12.2. The minimum atomic E-state index is -4.89. The molecular formula is C19H16F3N3O4. The average Bonchev–Trinajstić information content (AvgIpc) is 3.02. The molecule has 1 heterocycles. The van der Waals surface area contributed by atoms with Gasteiger partial charge in [-0.3, -0.25) is 5.32 Å². The lowest BCUT2D eigenvalue weighted by Crippen LogP contribution is -2.21. The molecule has 0 unspecified atom stereocenters. The minimum absolute atomic E-state index is 0.146. The number of nitrogens with one attached hydrogen (secondary N) is 1. The number of carbonyl (C=O) groups is 1. The summed E-state index contributed by atoms with van der Waals surface area (Å²) < 4.78 is 53.2. The number of rotatable bonds is 5. The standard InChI is InChI=1S/C19H16F3N3O4/c1-12-17(11-23-25(12)13-7-9-14(27-2)10-8-13)28-18(26)24-15-5-3-4-6-16(15)29-19(20,21)22/h3-11H,1-2H3,(H,24,26). The molecule has 2 aromatic carbocycles. The number of methoxy groups -OCH3 is 1. The van der Waals surface area contributed by atoms with Crippen molar-refractivity contribution in [2.24, 2.45) is 0 Å². The van der Waals surface area contributed by atoms with E-state index in [-0.39, 0.29) is 11.4 Å². The number of para-hydroxylation sites is 2. The Morgan fingerprint density at radius 2 is 1.76 bits per heavy atom. The topological polar surface area (TPSA) is 74.6 Å². The van der Waals surface area contributed by atoms with Gasteiger partial charge in [0.2, 0.25) is 0 Å².